The molecule has 7 rings (SSSR count). The zero-order chi connectivity index (χ0) is 26.7. The quantitative estimate of drug-likeness (QED) is 0.312. The Hall–Kier alpha value is -3.54. The summed E-state index contributed by atoms with van der Waals surface area (Å²) >= 11 is 0. The Kier molecular flexibility index (Phi) is 7.32. The molecule has 3 aliphatic rings. The summed E-state index contributed by atoms with van der Waals surface area (Å²) in [4.78, 5) is 12.4. The largest absolute Gasteiger partial charge is 0.381 e. The van der Waals surface area contributed by atoms with E-state index in [4.69, 9.17) is 19.4 Å². The summed E-state index contributed by atoms with van der Waals surface area (Å²) in [5.41, 5.74) is 3.47. The predicted octanol–water partition coefficient (Wildman–Crippen LogP) is 4.37. The van der Waals surface area contributed by atoms with E-state index in [0.717, 1.165) is 93.3 Å². The summed E-state index contributed by atoms with van der Waals surface area (Å²) < 4.78 is 13.1. The average Bonchev–Trinajstić information content (AvgIpc) is 3.67. The van der Waals surface area contributed by atoms with E-state index in [-0.39, 0.29) is 0 Å². The zero-order valence-electron chi connectivity index (χ0n) is 22.8. The summed E-state index contributed by atoms with van der Waals surface area (Å²) in [6.45, 7) is 5.35. The minimum Gasteiger partial charge on any atom is -0.381 e. The Morgan fingerprint density at radius 2 is 1.62 bits per heavy atom. The minimum absolute atomic E-state index is 0.345. The molecule has 0 bridgehead atoms. The van der Waals surface area contributed by atoms with Gasteiger partial charge in [0.2, 0.25) is 5.95 Å². The summed E-state index contributed by atoms with van der Waals surface area (Å²) in [7, 11) is 0. The Labute approximate surface area is 233 Å². The molecule has 2 saturated heterocycles. The number of H-pyrrole nitrogens is 1. The van der Waals surface area contributed by atoms with E-state index < -0.39 is 0 Å². The topological polar surface area (TPSA) is 118 Å². The monoisotopic (exact) mass is 543 g/mol. The van der Waals surface area contributed by atoms with Crippen LogP contribution in [0, 0.1) is 0 Å². The molecular formula is C29H37N9O2. The van der Waals surface area contributed by atoms with Crippen LogP contribution in [0.3, 0.4) is 0 Å². The molecule has 1 aromatic carbocycles. The number of hydrogen-bond donors (Lipinski definition) is 3. The van der Waals surface area contributed by atoms with Gasteiger partial charge in [0.15, 0.2) is 5.65 Å². The molecular weight excluding hydrogens is 506 g/mol. The summed E-state index contributed by atoms with van der Waals surface area (Å²) in [5, 5.41) is 20.5. The van der Waals surface area contributed by atoms with Crippen molar-refractivity contribution >= 4 is 28.5 Å². The maximum absolute atomic E-state index is 5.56. The number of ether oxygens (including phenoxy) is 2. The van der Waals surface area contributed by atoms with Gasteiger partial charge < -0.3 is 20.1 Å². The smallest absolute Gasteiger partial charge is 0.231 e. The van der Waals surface area contributed by atoms with Gasteiger partial charge in [-0.3, -0.25) is 14.7 Å². The lowest BCUT2D eigenvalue weighted by Gasteiger charge is -2.39. The van der Waals surface area contributed by atoms with Crippen molar-refractivity contribution in [1.29, 1.82) is 0 Å². The van der Waals surface area contributed by atoms with Crippen molar-refractivity contribution in [2.45, 2.75) is 56.7 Å². The minimum atomic E-state index is 0.345. The van der Waals surface area contributed by atoms with Gasteiger partial charge >= 0.3 is 0 Å². The maximum Gasteiger partial charge on any atom is 0.231 e. The molecule has 0 atom stereocenters. The Morgan fingerprint density at radius 3 is 2.42 bits per heavy atom. The molecule has 4 aromatic rings. The van der Waals surface area contributed by atoms with Gasteiger partial charge in [-0.1, -0.05) is 30.3 Å². The van der Waals surface area contributed by atoms with Crippen molar-refractivity contribution in [3.63, 3.8) is 0 Å². The number of fused-ring (bicyclic) bond motifs is 1. The number of nitrogens with one attached hydrogen (secondary N) is 3. The van der Waals surface area contributed by atoms with Crippen LogP contribution < -0.4 is 10.6 Å². The number of aromatic nitrogens is 6. The second kappa shape index (κ2) is 11.5. The van der Waals surface area contributed by atoms with Crippen molar-refractivity contribution in [1.82, 2.24) is 34.8 Å². The highest BCUT2D eigenvalue weighted by molar-refractivity contribution is 5.99. The van der Waals surface area contributed by atoms with Crippen LogP contribution in [0.4, 0.5) is 17.5 Å². The van der Waals surface area contributed by atoms with Crippen molar-refractivity contribution in [3.8, 4) is 11.3 Å². The number of aromatic amines is 1. The molecule has 11 heteroatoms. The van der Waals surface area contributed by atoms with E-state index in [1.54, 1.807) is 0 Å². The van der Waals surface area contributed by atoms with E-state index in [0.29, 0.717) is 29.7 Å². The predicted molar refractivity (Wildman–Crippen MR) is 154 cm³/mol. The van der Waals surface area contributed by atoms with Gasteiger partial charge in [-0.2, -0.15) is 20.2 Å². The van der Waals surface area contributed by atoms with Gasteiger partial charge in [0.25, 0.3) is 0 Å². The van der Waals surface area contributed by atoms with Gasteiger partial charge in [-0.05, 0) is 38.5 Å². The molecule has 0 amide bonds. The van der Waals surface area contributed by atoms with Gasteiger partial charge in [0.1, 0.15) is 11.5 Å². The third-order valence-corrected chi connectivity index (χ3v) is 8.49. The van der Waals surface area contributed by atoms with Crippen molar-refractivity contribution in [2.75, 3.05) is 50.2 Å². The normalized spacial score (nSPS) is 22.9. The Morgan fingerprint density at radius 1 is 0.850 bits per heavy atom. The molecule has 3 fully saturated rings. The Balaban J connectivity index is 1.14. The van der Waals surface area contributed by atoms with E-state index >= 15 is 0 Å². The van der Waals surface area contributed by atoms with Crippen LogP contribution in [-0.2, 0) is 9.47 Å². The van der Waals surface area contributed by atoms with E-state index in [1.165, 1.54) is 12.8 Å². The van der Waals surface area contributed by atoms with E-state index in [1.807, 2.05) is 35.3 Å². The van der Waals surface area contributed by atoms with Crippen LogP contribution in [0.25, 0.3) is 22.3 Å². The molecule has 1 aliphatic carbocycles. The number of rotatable bonds is 7. The fourth-order valence-electron chi connectivity index (χ4n) is 6.30. The number of nitrogens with zero attached hydrogens (tertiary/aromatic N) is 6. The van der Waals surface area contributed by atoms with Crippen molar-refractivity contribution in [2.24, 2.45) is 0 Å². The number of morpholine rings is 1. The molecule has 0 unspecified atom stereocenters. The first kappa shape index (κ1) is 25.4. The van der Waals surface area contributed by atoms with Crippen molar-refractivity contribution in [3.05, 3.63) is 42.7 Å². The Bertz CT molecular complexity index is 1400. The standard InChI is InChI=1S/C29H37N9O2/c1-2-4-20(5-3-1)26-25-27(31-21-6-8-23(9-7-21)37-12-16-40-17-13-37)33-29(34-28(25)36-35-26)32-22-18-30-38(19-22)24-10-14-39-15-11-24/h1-5,18-19,21,23-24H,6-17H2,(H3,31,32,33,34,35,36). The lowest BCUT2D eigenvalue weighted by Crippen LogP contribution is -2.46. The fraction of sp³-hybridized carbons (Fsp3) is 0.517. The molecule has 3 aromatic heterocycles. The molecule has 3 N–H and O–H groups in total. The van der Waals surface area contributed by atoms with Crippen LogP contribution in [0.2, 0.25) is 0 Å². The molecule has 5 heterocycles. The first-order chi connectivity index (χ1) is 19.8. The molecule has 0 radical (unpaired) electrons. The third kappa shape index (κ3) is 5.41. The van der Waals surface area contributed by atoms with Crippen LogP contribution in [0.15, 0.2) is 42.7 Å². The number of hydrogen-bond acceptors (Lipinski definition) is 9. The van der Waals surface area contributed by atoms with Crippen molar-refractivity contribution < 1.29 is 9.47 Å². The van der Waals surface area contributed by atoms with Gasteiger partial charge in [0.05, 0.1) is 36.5 Å². The van der Waals surface area contributed by atoms with Crippen LogP contribution in [0.5, 0.6) is 0 Å². The highest BCUT2D eigenvalue weighted by Crippen LogP contribution is 2.34. The lowest BCUT2D eigenvalue weighted by molar-refractivity contribution is 0.00791. The summed E-state index contributed by atoms with van der Waals surface area (Å²) in [6.07, 6.45) is 10.4. The van der Waals surface area contributed by atoms with Gasteiger partial charge in [-0.15, -0.1) is 0 Å². The highest BCUT2D eigenvalue weighted by Gasteiger charge is 2.28. The van der Waals surface area contributed by atoms with E-state index in [2.05, 4.69) is 43.0 Å². The highest BCUT2D eigenvalue weighted by atomic mass is 16.5. The first-order valence-electron chi connectivity index (χ1n) is 14.6. The second-order valence-corrected chi connectivity index (χ2v) is 11.0. The molecule has 210 valence electrons. The van der Waals surface area contributed by atoms with Gasteiger partial charge in [0, 0.05) is 50.1 Å². The van der Waals surface area contributed by atoms with Crippen LogP contribution >= 0.6 is 0 Å². The molecule has 2 aliphatic heterocycles. The molecule has 0 spiro atoms. The summed E-state index contributed by atoms with van der Waals surface area (Å²) in [5.74, 6) is 1.33. The van der Waals surface area contributed by atoms with E-state index in [9.17, 15) is 0 Å². The zero-order valence-corrected chi connectivity index (χ0v) is 22.8. The average molecular weight is 544 g/mol. The molecule has 11 nitrogen and oxygen atoms in total. The maximum atomic E-state index is 5.56. The fourth-order valence-corrected chi connectivity index (χ4v) is 6.30. The molecule has 1 saturated carbocycles. The number of benzene rings is 1. The van der Waals surface area contributed by atoms with Gasteiger partial charge in [-0.25, -0.2) is 0 Å². The van der Waals surface area contributed by atoms with Crippen LogP contribution in [-0.4, -0.2) is 86.4 Å². The first-order valence-corrected chi connectivity index (χ1v) is 14.6. The molecule has 40 heavy (non-hydrogen) atoms. The summed E-state index contributed by atoms with van der Waals surface area (Å²) in [6, 6.07) is 11.6. The SMILES string of the molecule is c1ccc(-c2n[nH]c3nc(Nc4cnn(C5CCOCC5)c4)nc(NC4CCC(N5CCOCC5)CC4)c23)cc1. The second-order valence-electron chi connectivity index (χ2n) is 11.0. The van der Waals surface area contributed by atoms with Crippen LogP contribution in [0.1, 0.15) is 44.6 Å². The third-order valence-electron chi connectivity index (χ3n) is 8.49. The number of anilines is 3. The lowest BCUT2D eigenvalue weighted by atomic mass is 9.90.